The molecule has 6 rings (SSSR count). The van der Waals surface area contributed by atoms with Gasteiger partial charge in [-0.25, -0.2) is 9.97 Å². The highest BCUT2D eigenvalue weighted by Crippen LogP contribution is 2.32. The minimum atomic E-state index is 0.0208. The molecule has 0 unspecified atom stereocenters. The first kappa shape index (κ1) is 18.8. The Balaban J connectivity index is 1.27. The fourth-order valence-corrected chi connectivity index (χ4v) is 4.47. The molecule has 4 heterocycles. The number of para-hydroxylation sites is 3. The van der Waals surface area contributed by atoms with Gasteiger partial charge in [0.1, 0.15) is 11.2 Å². The van der Waals surface area contributed by atoms with Crippen LogP contribution in [-0.2, 0) is 0 Å². The second-order valence-electron chi connectivity index (χ2n) is 8.14. The summed E-state index contributed by atoms with van der Waals surface area (Å²) in [5.74, 6) is 1.67. The first-order chi connectivity index (χ1) is 15.8. The Labute approximate surface area is 184 Å². The van der Waals surface area contributed by atoms with Crippen LogP contribution < -0.4 is 0 Å². The molecule has 2 aromatic carbocycles. The molecule has 5 aromatic rings. The number of benzene rings is 2. The van der Waals surface area contributed by atoms with Gasteiger partial charge in [0, 0.05) is 24.4 Å². The van der Waals surface area contributed by atoms with E-state index < -0.39 is 0 Å². The Morgan fingerprint density at radius 2 is 1.69 bits per heavy atom. The summed E-state index contributed by atoms with van der Waals surface area (Å²) in [6.45, 7) is 1.32. The monoisotopic (exact) mass is 423 g/mol. The second-order valence-corrected chi connectivity index (χ2v) is 8.14. The van der Waals surface area contributed by atoms with Gasteiger partial charge in [0.05, 0.1) is 17.3 Å². The van der Waals surface area contributed by atoms with Crippen molar-refractivity contribution in [1.29, 1.82) is 0 Å². The van der Waals surface area contributed by atoms with Crippen molar-refractivity contribution in [1.82, 2.24) is 14.9 Å². The lowest BCUT2D eigenvalue weighted by Crippen LogP contribution is -2.38. The van der Waals surface area contributed by atoms with Crippen molar-refractivity contribution in [2.45, 2.75) is 18.8 Å². The third-order valence-corrected chi connectivity index (χ3v) is 6.16. The molecule has 0 bridgehead atoms. The SMILES string of the molecule is O=C(c1cc(-c2ccco2)nc2ccccc12)N1CCC(c2nc3ccccc3o2)CC1. The maximum Gasteiger partial charge on any atom is 0.254 e. The number of piperidine rings is 1. The average Bonchev–Trinajstić information content (AvgIpc) is 3.53. The molecule has 6 heteroatoms. The van der Waals surface area contributed by atoms with E-state index in [0.29, 0.717) is 30.1 Å². The molecule has 0 atom stereocenters. The van der Waals surface area contributed by atoms with Gasteiger partial charge < -0.3 is 13.7 Å². The van der Waals surface area contributed by atoms with E-state index in [1.165, 1.54) is 0 Å². The fraction of sp³-hybridized carbons (Fsp3) is 0.192. The van der Waals surface area contributed by atoms with Gasteiger partial charge in [-0.2, -0.15) is 0 Å². The van der Waals surface area contributed by atoms with Gasteiger partial charge in [0.15, 0.2) is 17.2 Å². The van der Waals surface area contributed by atoms with Gasteiger partial charge in [0.25, 0.3) is 5.91 Å². The van der Waals surface area contributed by atoms with E-state index in [4.69, 9.17) is 13.8 Å². The number of furan rings is 1. The Kier molecular flexibility index (Phi) is 4.49. The van der Waals surface area contributed by atoms with Crippen LogP contribution in [0.3, 0.4) is 0 Å². The summed E-state index contributed by atoms with van der Waals surface area (Å²) in [5, 5.41) is 0.855. The summed E-state index contributed by atoms with van der Waals surface area (Å²) in [5.41, 5.74) is 3.80. The molecule has 1 aliphatic heterocycles. The van der Waals surface area contributed by atoms with Gasteiger partial charge in [-0.1, -0.05) is 30.3 Å². The largest absolute Gasteiger partial charge is 0.463 e. The van der Waals surface area contributed by atoms with Crippen molar-refractivity contribution in [2.24, 2.45) is 0 Å². The highest BCUT2D eigenvalue weighted by molar-refractivity contribution is 6.07. The van der Waals surface area contributed by atoms with Crippen molar-refractivity contribution in [3.8, 4) is 11.5 Å². The Morgan fingerprint density at radius 3 is 2.47 bits per heavy atom. The standard InChI is InChI=1S/C26H21N3O3/c30-26(19-16-22(23-10-5-15-31-23)27-20-7-2-1-6-18(19)20)29-13-11-17(12-14-29)25-28-21-8-3-4-9-24(21)32-25/h1-10,15-17H,11-14H2. The second kappa shape index (κ2) is 7.64. The number of carbonyl (C=O) groups is 1. The van der Waals surface area contributed by atoms with Gasteiger partial charge in [0.2, 0.25) is 0 Å². The third kappa shape index (κ3) is 3.24. The van der Waals surface area contributed by atoms with E-state index in [2.05, 4.69) is 4.98 Å². The molecule has 0 saturated carbocycles. The smallest absolute Gasteiger partial charge is 0.254 e. The van der Waals surface area contributed by atoms with Crippen LogP contribution in [0.25, 0.3) is 33.5 Å². The molecule has 6 nitrogen and oxygen atoms in total. The number of likely N-dealkylation sites (tertiary alicyclic amines) is 1. The highest BCUT2D eigenvalue weighted by atomic mass is 16.3. The van der Waals surface area contributed by atoms with Crippen molar-refractivity contribution in [2.75, 3.05) is 13.1 Å². The minimum Gasteiger partial charge on any atom is -0.463 e. The van der Waals surface area contributed by atoms with Crippen molar-refractivity contribution in [3.63, 3.8) is 0 Å². The summed E-state index contributed by atoms with van der Waals surface area (Å²) in [6.07, 6.45) is 3.27. The van der Waals surface area contributed by atoms with E-state index >= 15 is 0 Å². The van der Waals surface area contributed by atoms with E-state index in [1.54, 1.807) is 6.26 Å². The summed E-state index contributed by atoms with van der Waals surface area (Å²) in [7, 11) is 0. The third-order valence-electron chi connectivity index (χ3n) is 6.16. The van der Waals surface area contributed by atoms with Crippen LogP contribution in [0, 0.1) is 0 Å². The quantitative estimate of drug-likeness (QED) is 0.375. The lowest BCUT2D eigenvalue weighted by Gasteiger charge is -2.31. The molecular weight excluding hydrogens is 402 g/mol. The van der Waals surface area contributed by atoms with Crippen LogP contribution in [-0.4, -0.2) is 33.9 Å². The van der Waals surface area contributed by atoms with Gasteiger partial charge in [-0.05, 0) is 49.2 Å². The highest BCUT2D eigenvalue weighted by Gasteiger charge is 2.28. The number of amides is 1. The van der Waals surface area contributed by atoms with Crippen LogP contribution in [0.5, 0.6) is 0 Å². The van der Waals surface area contributed by atoms with E-state index in [9.17, 15) is 4.79 Å². The molecule has 1 fully saturated rings. The van der Waals surface area contributed by atoms with Crippen LogP contribution in [0.2, 0.25) is 0 Å². The lowest BCUT2D eigenvalue weighted by molar-refractivity contribution is 0.0708. The normalized spacial score (nSPS) is 14.9. The van der Waals surface area contributed by atoms with Gasteiger partial charge >= 0.3 is 0 Å². The van der Waals surface area contributed by atoms with Crippen molar-refractivity contribution >= 4 is 27.9 Å². The summed E-state index contributed by atoms with van der Waals surface area (Å²) in [4.78, 5) is 24.8. The zero-order valence-corrected chi connectivity index (χ0v) is 17.4. The van der Waals surface area contributed by atoms with E-state index in [0.717, 1.165) is 40.7 Å². The number of fused-ring (bicyclic) bond motifs is 2. The van der Waals surface area contributed by atoms with Crippen molar-refractivity contribution in [3.05, 3.63) is 84.4 Å². The number of hydrogen-bond acceptors (Lipinski definition) is 5. The lowest BCUT2D eigenvalue weighted by atomic mass is 9.95. The Bertz CT molecular complexity index is 1380. The van der Waals surface area contributed by atoms with Crippen LogP contribution >= 0.6 is 0 Å². The number of nitrogens with zero attached hydrogens (tertiary/aromatic N) is 3. The molecule has 0 N–H and O–H groups in total. The maximum atomic E-state index is 13.5. The van der Waals surface area contributed by atoms with Crippen LogP contribution in [0.4, 0.5) is 0 Å². The Morgan fingerprint density at radius 1 is 0.906 bits per heavy atom. The number of hydrogen-bond donors (Lipinski definition) is 0. The average molecular weight is 423 g/mol. The van der Waals surface area contributed by atoms with Gasteiger partial charge in [-0.15, -0.1) is 0 Å². The van der Waals surface area contributed by atoms with Crippen LogP contribution in [0.15, 0.2) is 81.8 Å². The van der Waals surface area contributed by atoms with E-state index in [-0.39, 0.29) is 11.8 Å². The topological polar surface area (TPSA) is 72.4 Å². The van der Waals surface area contributed by atoms with Crippen molar-refractivity contribution < 1.29 is 13.6 Å². The van der Waals surface area contributed by atoms with E-state index in [1.807, 2.05) is 71.6 Å². The molecule has 3 aromatic heterocycles. The summed E-state index contributed by atoms with van der Waals surface area (Å²) < 4.78 is 11.5. The number of rotatable bonds is 3. The molecular formula is C26H21N3O3. The zero-order valence-electron chi connectivity index (χ0n) is 17.4. The first-order valence-electron chi connectivity index (χ1n) is 10.8. The van der Waals surface area contributed by atoms with Gasteiger partial charge in [-0.3, -0.25) is 4.79 Å². The molecule has 0 radical (unpaired) electrons. The number of carbonyl (C=O) groups excluding carboxylic acids is 1. The number of pyridine rings is 1. The summed E-state index contributed by atoms with van der Waals surface area (Å²) >= 11 is 0. The predicted octanol–water partition coefficient (Wildman–Crippen LogP) is 5.66. The molecule has 1 aliphatic rings. The summed E-state index contributed by atoms with van der Waals surface area (Å²) in [6, 6.07) is 21.1. The number of aromatic nitrogens is 2. The molecule has 0 spiro atoms. The Hall–Kier alpha value is -3.93. The fourth-order valence-electron chi connectivity index (χ4n) is 4.47. The molecule has 1 amide bonds. The van der Waals surface area contributed by atoms with Crippen LogP contribution in [0.1, 0.15) is 35.0 Å². The predicted molar refractivity (Wildman–Crippen MR) is 121 cm³/mol. The first-order valence-corrected chi connectivity index (χ1v) is 10.8. The molecule has 158 valence electrons. The molecule has 32 heavy (non-hydrogen) atoms. The zero-order chi connectivity index (χ0) is 21.5. The molecule has 0 aliphatic carbocycles. The number of oxazole rings is 1. The minimum absolute atomic E-state index is 0.0208. The molecule has 1 saturated heterocycles. The maximum absolute atomic E-state index is 13.5.